The number of hydrogen-bond acceptors (Lipinski definition) is 2. The van der Waals surface area contributed by atoms with Crippen molar-refractivity contribution < 1.29 is 4.39 Å². The Labute approximate surface area is 125 Å². The Morgan fingerprint density at radius 1 is 0.952 bits per heavy atom. The monoisotopic (exact) mass is 284 g/mol. The van der Waals surface area contributed by atoms with Crippen LogP contribution in [0.4, 0.5) is 4.39 Å². The third-order valence-corrected chi connectivity index (χ3v) is 4.77. The molecule has 3 heteroatoms. The standard InChI is InChI=1S/C18H21FN2/c19-16-10-8-14(9-11-16)17(21-20)18(12-4-5-13-18)15-6-2-1-3-7-15/h1-3,6-11,17,21H,4-5,12-13,20H2. The Morgan fingerprint density at radius 2 is 1.57 bits per heavy atom. The quantitative estimate of drug-likeness (QED) is 0.661. The zero-order valence-corrected chi connectivity index (χ0v) is 12.1. The molecule has 1 aliphatic carbocycles. The molecule has 0 saturated heterocycles. The van der Waals surface area contributed by atoms with E-state index < -0.39 is 0 Å². The topological polar surface area (TPSA) is 38.0 Å². The fraction of sp³-hybridized carbons (Fsp3) is 0.333. The molecule has 2 nitrogen and oxygen atoms in total. The highest BCUT2D eigenvalue weighted by atomic mass is 19.1. The van der Waals surface area contributed by atoms with E-state index in [2.05, 4.69) is 29.7 Å². The van der Waals surface area contributed by atoms with E-state index in [9.17, 15) is 4.39 Å². The lowest BCUT2D eigenvalue weighted by Crippen LogP contribution is -2.43. The van der Waals surface area contributed by atoms with Crippen LogP contribution in [0.1, 0.15) is 42.9 Å². The van der Waals surface area contributed by atoms with E-state index in [1.807, 2.05) is 18.2 Å². The number of hydrogen-bond donors (Lipinski definition) is 2. The summed E-state index contributed by atoms with van der Waals surface area (Å²) in [6, 6.07) is 17.2. The Balaban J connectivity index is 2.04. The predicted octanol–water partition coefficient (Wildman–Crippen LogP) is 3.84. The fourth-order valence-corrected chi connectivity index (χ4v) is 3.75. The number of nitrogens with one attached hydrogen (secondary N) is 1. The normalized spacial score (nSPS) is 18.6. The van der Waals surface area contributed by atoms with Gasteiger partial charge in [-0.2, -0.15) is 0 Å². The van der Waals surface area contributed by atoms with Gasteiger partial charge < -0.3 is 0 Å². The highest BCUT2D eigenvalue weighted by Gasteiger charge is 2.43. The van der Waals surface area contributed by atoms with E-state index in [0.717, 1.165) is 18.4 Å². The third-order valence-electron chi connectivity index (χ3n) is 4.77. The van der Waals surface area contributed by atoms with E-state index in [4.69, 9.17) is 5.84 Å². The van der Waals surface area contributed by atoms with Gasteiger partial charge in [0.05, 0.1) is 6.04 Å². The van der Waals surface area contributed by atoms with Gasteiger partial charge >= 0.3 is 0 Å². The van der Waals surface area contributed by atoms with Crippen molar-refractivity contribution in [2.24, 2.45) is 5.84 Å². The number of hydrazine groups is 1. The van der Waals surface area contributed by atoms with Gasteiger partial charge in [-0.05, 0) is 36.1 Å². The summed E-state index contributed by atoms with van der Waals surface area (Å²) < 4.78 is 13.2. The second-order valence-electron chi connectivity index (χ2n) is 5.88. The van der Waals surface area contributed by atoms with Crippen molar-refractivity contribution in [2.75, 3.05) is 0 Å². The molecule has 1 atom stereocenters. The summed E-state index contributed by atoms with van der Waals surface area (Å²) in [7, 11) is 0. The smallest absolute Gasteiger partial charge is 0.123 e. The maximum atomic E-state index is 13.2. The molecule has 0 aromatic heterocycles. The van der Waals surface area contributed by atoms with Crippen molar-refractivity contribution in [2.45, 2.75) is 37.1 Å². The van der Waals surface area contributed by atoms with Crippen molar-refractivity contribution in [1.82, 2.24) is 5.43 Å². The van der Waals surface area contributed by atoms with E-state index in [1.54, 1.807) is 0 Å². The molecule has 0 heterocycles. The summed E-state index contributed by atoms with van der Waals surface area (Å²) >= 11 is 0. The minimum Gasteiger partial charge on any atom is -0.271 e. The zero-order valence-electron chi connectivity index (χ0n) is 12.1. The molecule has 0 spiro atoms. The van der Waals surface area contributed by atoms with Crippen molar-refractivity contribution in [3.8, 4) is 0 Å². The average molecular weight is 284 g/mol. The number of rotatable bonds is 4. The summed E-state index contributed by atoms with van der Waals surface area (Å²) in [6.07, 6.45) is 4.61. The first-order valence-corrected chi connectivity index (χ1v) is 7.53. The number of nitrogens with two attached hydrogens (primary N) is 1. The molecule has 2 aromatic carbocycles. The molecule has 1 aliphatic rings. The Kier molecular flexibility index (Phi) is 4.04. The lowest BCUT2D eigenvalue weighted by atomic mass is 9.70. The molecule has 3 rings (SSSR count). The van der Waals surface area contributed by atoms with Crippen molar-refractivity contribution >= 4 is 0 Å². The molecular weight excluding hydrogens is 263 g/mol. The van der Waals surface area contributed by atoms with Crippen LogP contribution in [0.15, 0.2) is 54.6 Å². The van der Waals surface area contributed by atoms with Gasteiger partial charge in [0.15, 0.2) is 0 Å². The molecule has 0 amide bonds. The minimum atomic E-state index is -0.213. The SMILES string of the molecule is NNC(c1ccc(F)cc1)C1(c2ccccc2)CCCC1. The molecule has 21 heavy (non-hydrogen) atoms. The van der Waals surface area contributed by atoms with E-state index in [1.165, 1.54) is 30.5 Å². The first-order valence-electron chi connectivity index (χ1n) is 7.53. The first kappa shape index (κ1) is 14.2. The minimum absolute atomic E-state index is 0.00278. The highest BCUT2D eigenvalue weighted by molar-refractivity contribution is 5.34. The lowest BCUT2D eigenvalue weighted by Gasteiger charge is -2.38. The summed E-state index contributed by atoms with van der Waals surface area (Å²) in [5.74, 6) is 5.69. The van der Waals surface area contributed by atoms with Crippen LogP contribution >= 0.6 is 0 Å². The van der Waals surface area contributed by atoms with Crippen LogP contribution in [0.5, 0.6) is 0 Å². The maximum Gasteiger partial charge on any atom is 0.123 e. The van der Waals surface area contributed by atoms with Crippen molar-refractivity contribution in [3.05, 3.63) is 71.5 Å². The summed E-state index contributed by atoms with van der Waals surface area (Å²) in [5.41, 5.74) is 5.35. The Hall–Kier alpha value is -1.71. The van der Waals surface area contributed by atoms with Gasteiger partial charge in [-0.3, -0.25) is 11.3 Å². The van der Waals surface area contributed by atoms with E-state index >= 15 is 0 Å². The second-order valence-corrected chi connectivity index (χ2v) is 5.88. The third kappa shape index (κ3) is 2.59. The van der Waals surface area contributed by atoms with Crippen molar-refractivity contribution in [3.63, 3.8) is 0 Å². The van der Waals surface area contributed by atoms with Gasteiger partial charge in [0.25, 0.3) is 0 Å². The lowest BCUT2D eigenvalue weighted by molar-refractivity contribution is 0.303. The molecule has 110 valence electrons. The highest BCUT2D eigenvalue weighted by Crippen LogP contribution is 2.49. The molecule has 1 unspecified atom stereocenters. The van der Waals surface area contributed by atoms with E-state index in [0.29, 0.717) is 0 Å². The zero-order chi connectivity index (χ0) is 14.7. The van der Waals surface area contributed by atoms with E-state index in [-0.39, 0.29) is 17.3 Å². The predicted molar refractivity (Wildman–Crippen MR) is 83.1 cm³/mol. The Bertz CT molecular complexity index is 574. The van der Waals surface area contributed by atoms with Gasteiger partial charge in [0.1, 0.15) is 5.82 Å². The molecular formula is C18H21FN2. The van der Waals surface area contributed by atoms with Crippen LogP contribution in [0, 0.1) is 5.82 Å². The number of halogens is 1. The van der Waals surface area contributed by atoms with Crippen LogP contribution in [0.2, 0.25) is 0 Å². The maximum absolute atomic E-state index is 13.2. The summed E-state index contributed by atoms with van der Waals surface area (Å²) in [4.78, 5) is 0. The molecule has 1 saturated carbocycles. The van der Waals surface area contributed by atoms with Crippen LogP contribution in [0.25, 0.3) is 0 Å². The molecule has 2 aromatic rings. The van der Waals surface area contributed by atoms with Gasteiger partial charge in [-0.25, -0.2) is 4.39 Å². The summed E-state index contributed by atoms with van der Waals surface area (Å²) in [5, 5.41) is 0. The molecule has 0 aliphatic heterocycles. The largest absolute Gasteiger partial charge is 0.271 e. The summed E-state index contributed by atoms with van der Waals surface area (Å²) in [6.45, 7) is 0. The molecule has 0 radical (unpaired) electrons. The van der Waals surface area contributed by atoms with Gasteiger partial charge in [0.2, 0.25) is 0 Å². The van der Waals surface area contributed by atoms with Crippen molar-refractivity contribution in [1.29, 1.82) is 0 Å². The van der Waals surface area contributed by atoms with Crippen LogP contribution in [-0.2, 0) is 5.41 Å². The van der Waals surface area contributed by atoms with Gasteiger partial charge in [-0.15, -0.1) is 0 Å². The molecule has 3 N–H and O–H groups in total. The molecule has 0 bridgehead atoms. The second kappa shape index (κ2) is 5.96. The van der Waals surface area contributed by atoms with Crippen LogP contribution < -0.4 is 11.3 Å². The fourth-order valence-electron chi connectivity index (χ4n) is 3.75. The van der Waals surface area contributed by atoms with Gasteiger partial charge in [-0.1, -0.05) is 55.3 Å². The number of benzene rings is 2. The van der Waals surface area contributed by atoms with Gasteiger partial charge in [0, 0.05) is 5.41 Å². The van der Waals surface area contributed by atoms with Crippen LogP contribution in [-0.4, -0.2) is 0 Å². The first-order chi connectivity index (χ1) is 10.3. The average Bonchev–Trinajstić information content (AvgIpc) is 3.01. The Morgan fingerprint density at radius 3 is 2.14 bits per heavy atom. The molecule has 1 fully saturated rings. The van der Waals surface area contributed by atoms with Crippen LogP contribution in [0.3, 0.4) is 0 Å².